The van der Waals surface area contributed by atoms with Crippen molar-refractivity contribution in [3.05, 3.63) is 66.0 Å². The van der Waals surface area contributed by atoms with Crippen molar-refractivity contribution in [3.63, 3.8) is 0 Å². The maximum absolute atomic E-state index is 12.6. The van der Waals surface area contributed by atoms with E-state index in [0.29, 0.717) is 12.4 Å². The van der Waals surface area contributed by atoms with E-state index < -0.39 is 0 Å². The first-order valence-electron chi connectivity index (χ1n) is 4.68. The van der Waals surface area contributed by atoms with Gasteiger partial charge in [-0.2, -0.15) is 30.3 Å². The first-order chi connectivity index (χ1) is 7.34. The molecule has 2 aromatic rings. The molecule has 0 bridgehead atoms. The molecule has 0 aliphatic heterocycles. The second-order valence-electron chi connectivity index (χ2n) is 3.15. The summed E-state index contributed by atoms with van der Waals surface area (Å²) in [7, 11) is 0. The summed E-state index contributed by atoms with van der Waals surface area (Å²) in [4.78, 5) is 0. The molecule has 0 aliphatic rings. The number of hydrogen-bond donors (Lipinski definition) is 0. The van der Waals surface area contributed by atoms with Crippen molar-refractivity contribution >= 4 is 23.1 Å². The molecule has 0 aromatic heterocycles. The third-order valence-electron chi connectivity index (χ3n) is 2.01. The number of ether oxygens (including phenoxy) is 1. The van der Waals surface area contributed by atoms with Crippen molar-refractivity contribution < 1.29 is 26.1 Å². The molecule has 0 saturated carbocycles. The van der Waals surface area contributed by atoms with Gasteiger partial charge in [0, 0.05) is 0 Å². The van der Waals surface area contributed by atoms with Crippen LogP contribution in [0, 0.1) is 11.9 Å². The van der Waals surface area contributed by atoms with E-state index in [9.17, 15) is 4.39 Å². The van der Waals surface area contributed by atoms with Crippen molar-refractivity contribution in [1.29, 1.82) is 0 Å². The quantitative estimate of drug-likeness (QED) is 0.565. The van der Waals surface area contributed by atoms with E-state index in [2.05, 4.69) is 6.07 Å². The monoisotopic (exact) mass is 304 g/mol. The summed E-state index contributed by atoms with van der Waals surface area (Å²) in [6.07, 6.45) is 0. The Morgan fingerprint density at radius 3 is 2.18 bits per heavy atom. The summed E-state index contributed by atoms with van der Waals surface area (Å²) in [6.45, 7) is 0.486. The van der Waals surface area contributed by atoms with Crippen molar-refractivity contribution in [2.75, 3.05) is 0 Å². The fourth-order valence-electron chi connectivity index (χ4n) is 1.22. The van der Waals surface area contributed by atoms with Gasteiger partial charge in [0.15, 0.2) is 0 Å². The maximum Gasteiger partial charge on any atom is 2.00 e. The van der Waals surface area contributed by atoms with E-state index in [4.69, 9.17) is 4.74 Å². The third kappa shape index (κ3) is 5.52. The molecule has 0 heterocycles. The zero-order valence-corrected chi connectivity index (χ0v) is 12.2. The molecule has 0 amide bonds. The summed E-state index contributed by atoms with van der Waals surface area (Å²) in [6, 6.07) is 16.5. The fourth-order valence-corrected chi connectivity index (χ4v) is 1.22. The van der Waals surface area contributed by atoms with Crippen molar-refractivity contribution in [2.45, 2.75) is 6.61 Å². The molecule has 0 saturated heterocycles. The molecule has 0 aliphatic carbocycles. The van der Waals surface area contributed by atoms with E-state index in [1.807, 2.05) is 24.3 Å². The largest absolute Gasteiger partial charge is 2.00 e. The molecule has 0 fully saturated rings. The zero-order chi connectivity index (χ0) is 10.5. The fraction of sp³-hybridized carbons (Fsp3) is 0.0769. The molecule has 0 N–H and O–H groups in total. The van der Waals surface area contributed by atoms with Crippen molar-refractivity contribution in [1.82, 2.24) is 0 Å². The van der Waals surface area contributed by atoms with Gasteiger partial charge < -0.3 is 21.7 Å². The van der Waals surface area contributed by atoms with E-state index >= 15 is 0 Å². The Kier molecular flexibility index (Phi) is 8.21. The Balaban J connectivity index is 0.00000128. The molecule has 0 radical (unpaired) electrons. The Hall–Kier alpha value is -0.584. The van der Waals surface area contributed by atoms with E-state index in [-0.39, 0.29) is 45.9 Å². The number of rotatable bonds is 3. The summed E-state index contributed by atoms with van der Waals surface area (Å²) in [5.41, 5.74) is 1.07. The van der Waals surface area contributed by atoms with Crippen LogP contribution in [0.4, 0.5) is 4.39 Å². The molecule has 2 aromatic carbocycles. The minimum absolute atomic E-state index is 0. The summed E-state index contributed by atoms with van der Waals surface area (Å²) in [5.74, 6) is 0.417. The zero-order valence-electron chi connectivity index (χ0n) is 9.20. The van der Waals surface area contributed by atoms with Crippen LogP contribution in [-0.4, -0.2) is 23.1 Å². The van der Waals surface area contributed by atoms with Gasteiger partial charge in [-0.1, -0.05) is 0 Å². The Morgan fingerprint density at radius 1 is 1.00 bits per heavy atom. The molecule has 84 valence electrons. The topological polar surface area (TPSA) is 9.23 Å². The molecule has 0 spiro atoms. The molecule has 1 nitrogen and oxygen atoms in total. The van der Waals surface area contributed by atoms with Crippen LogP contribution in [0.1, 0.15) is 5.56 Å². The molecule has 17 heavy (non-hydrogen) atoms. The number of hydrogen-bond acceptors (Lipinski definition) is 1. The number of halogens is 2. The van der Waals surface area contributed by atoms with Crippen LogP contribution in [0.5, 0.6) is 5.75 Å². The number of benzene rings is 2. The van der Waals surface area contributed by atoms with Crippen LogP contribution >= 0.6 is 0 Å². The van der Waals surface area contributed by atoms with E-state index in [1.165, 1.54) is 12.1 Å². The van der Waals surface area contributed by atoms with Crippen molar-refractivity contribution in [3.8, 4) is 5.75 Å². The summed E-state index contributed by atoms with van der Waals surface area (Å²) < 4.78 is 18.1. The molecule has 4 heteroatoms. The Labute approximate surface area is 127 Å². The van der Waals surface area contributed by atoms with Gasteiger partial charge in [-0.15, -0.1) is 5.56 Å². The van der Waals surface area contributed by atoms with E-state index in [0.717, 1.165) is 5.56 Å². The Bertz CT molecular complexity index is 419. The molecular formula is C13H10BrFMgO. The first kappa shape index (κ1) is 16.4. The minimum atomic E-state index is -0.253. The maximum atomic E-state index is 12.6. The normalized spacial score (nSPS) is 8.76. The van der Waals surface area contributed by atoms with Crippen LogP contribution in [-0.2, 0) is 6.61 Å². The Morgan fingerprint density at radius 2 is 1.59 bits per heavy atom. The molecule has 0 unspecified atom stereocenters. The molecule has 2 rings (SSSR count). The van der Waals surface area contributed by atoms with E-state index in [1.54, 1.807) is 12.1 Å². The first-order valence-corrected chi connectivity index (χ1v) is 4.68. The van der Waals surface area contributed by atoms with Gasteiger partial charge in [-0.05, 0) is 24.3 Å². The van der Waals surface area contributed by atoms with Gasteiger partial charge in [0.1, 0.15) is 11.6 Å². The smallest absolute Gasteiger partial charge is 1.00 e. The minimum Gasteiger partial charge on any atom is -1.00 e. The SMILES string of the molecule is Fc1ccc(OCc2cc[c-]cc2)cc1.[Br-].[Mg+2]. The molecule has 0 atom stereocenters. The van der Waals surface area contributed by atoms with Crippen LogP contribution in [0.3, 0.4) is 0 Å². The van der Waals surface area contributed by atoms with Gasteiger partial charge in [-0.3, -0.25) is 0 Å². The second kappa shape index (κ2) is 8.50. The standard InChI is InChI=1S/C13H10FO.BrH.Mg/c14-12-6-8-13(9-7-12)15-10-11-4-2-1-3-5-11;;/h2-9H,10H2;1H;/q-1;;+2/p-1. The predicted molar refractivity (Wildman–Crippen MR) is 61.8 cm³/mol. The average molecular weight is 305 g/mol. The van der Waals surface area contributed by atoms with Crippen molar-refractivity contribution in [2.24, 2.45) is 0 Å². The molecular weight excluding hydrogens is 295 g/mol. The predicted octanol–water partition coefficient (Wildman–Crippen LogP) is -0.172. The average Bonchev–Trinajstić information content (AvgIpc) is 2.30. The van der Waals surface area contributed by atoms with Crippen LogP contribution in [0.15, 0.2) is 48.5 Å². The summed E-state index contributed by atoms with van der Waals surface area (Å²) >= 11 is 0. The van der Waals surface area contributed by atoms with Crippen LogP contribution in [0.2, 0.25) is 0 Å². The van der Waals surface area contributed by atoms with Gasteiger partial charge >= 0.3 is 23.1 Å². The van der Waals surface area contributed by atoms with Gasteiger partial charge in [-0.25, -0.2) is 4.39 Å². The second-order valence-corrected chi connectivity index (χ2v) is 3.15. The summed E-state index contributed by atoms with van der Waals surface area (Å²) in [5, 5.41) is 0. The van der Waals surface area contributed by atoms with Gasteiger partial charge in [0.25, 0.3) is 0 Å². The van der Waals surface area contributed by atoms with Crippen LogP contribution in [0.25, 0.3) is 0 Å². The van der Waals surface area contributed by atoms with Gasteiger partial charge in [0.2, 0.25) is 0 Å². The van der Waals surface area contributed by atoms with Crippen LogP contribution < -0.4 is 21.7 Å². The van der Waals surface area contributed by atoms with Gasteiger partial charge in [0.05, 0.1) is 6.61 Å². The third-order valence-corrected chi connectivity index (χ3v) is 2.01.